The lowest BCUT2D eigenvalue weighted by molar-refractivity contribution is 0.287. The first-order valence-electron chi connectivity index (χ1n) is 7.89. The Morgan fingerprint density at radius 2 is 2.08 bits per heavy atom. The van der Waals surface area contributed by atoms with Crippen LogP contribution in [-0.2, 0) is 6.61 Å². The summed E-state index contributed by atoms with van der Waals surface area (Å²) in [5, 5.41) is 10.5. The standard InChI is InChI=1S/C19H17ClN4O2/c1-3-16-17(25)19(26-11-13-8-9-21-12(2)10-13)24-23-18(16)22-15-6-4-14(20)5-7-15/h3-10H,1,11H2,2H3,(H2,22,23,25). The third-order valence-electron chi connectivity index (χ3n) is 3.63. The van der Waals surface area contributed by atoms with Gasteiger partial charge in [-0.1, -0.05) is 24.3 Å². The van der Waals surface area contributed by atoms with Crippen molar-refractivity contribution in [1.82, 2.24) is 15.2 Å². The summed E-state index contributed by atoms with van der Waals surface area (Å²) >= 11 is 5.88. The van der Waals surface area contributed by atoms with Crippen molar-refractivity contribution in [3.63, 3.8) is 0 Å². The first kappa shape index (κ1) is 17.7. The molecule has 0 saturated heterocycles. The van der Waals surface area contributed by atoms with E-state index in [1.807, 2.05) is 19.1 Å². The molecule has 0 aliphatic heterocycles. The van der Waals surface area contributed by atoms with Gasteiger partial charge < -0.3 is 10.1 Å². The van der Waals surface area contributed by atoms with Gasteiger partial charge in [-0.3, -0.25) is 14.9 Å². The quantitative estimate of drug-likeness (QED) is 0.685. The number of aromatic nitrogens is 3. The fourth-order valence-corrected chi connectivity index (χ4v) is 2.48. The minimum absolute atomic E-state index is 0.0176. The molecule has 6 nitrogen and oxygen atoms in total. The number of H-pyrrole nitrogens is 1. The molecule has 132 valence electrons. The van der Waals surface area contributed by atoms with Gasteiger partial charge in [-0.25, -0.2) is 0 Å². The molecule has 0 unspecified atom stereocenters. The van der Waals surface area contributed by atoms with E-state index < -0.39 is 0 Å². The number of aryl methyl sites for hydroxylation is 1. The lowest BCUT2D eigenvalue weighted by atomic mass is 10.2. The third kappa shape index (κ3) is 4.10. The maximum absolute atomic E-state index is 12.6. The van der Waals surface area contributed by atoms with Gasteiger partial charge in [0.2, 0.25) is 0 Å². The minimum Gasteiger partial charge on any atom is -0.469 e. The van der Waals surface area contributed by atoms with Crippen molar-refractivity contribution in [2.45, 2.75) is 13.5 Å². The van der Waals surface area contributed by atoms with Gasteiger partial charge in [0.05, 0.1) is 5.56 Å². The maximum Gasteiger partial charge on any atom is 0.280 e. The number of rotatable bonds is 6. The van der Waals surface area contributed by atoms with Crippen LogP contribution in [0, 0.1) is 6.92 Å². The Hall–Kier alpha value is -3.12. The van der Waals surface area contributed by atoms with Crippen LogP contribution in [0.25, 0.3) is 6.08 Å². The number of pyridine rings is 1. The number of halogens is 1. The molecule has 2 N–H and O–H groups in total. The number of ether oxygens (including phenoxy) is 1. The largest absolute Gasteiger partial charge is 0.469 e. The van der Waals surface area contributed by atoms with Crippen LogP contribution in [0.5, 0.6) is 5.88 Å². The van der Waals surface area contributed by atoms with Gasteiger partial charge in [0.25, 0.3) is 11.3 Å². The van der Waals surface area contributed by atoms with Gasteiger partial charge in [-0.05, 0) is 48.9 Å². The summed E-state index contributed by atoms with van der Waals surface area (Å²) in [4.78, 5) is 16.7. The van der Waals surface area contributed by atoms with Crippen LogP contribution in [0.1, 0.15) is 16.8 Å². The third-order valence-corrected chi connectivity index (χ3v) is 3.88. The Kier molecular flexibility index (Phi) is 5.34. The number of nitrogens with one attached hydrogen (secondary N) is 2. The van der Waals surface area contributed by atoms with E-state index in [0.717, 1.165) is 16.9 Å². The van der Waals surface area contributed by atoms with E-state index in [1.165, 1.54) is 6.08 Å². The molecule has 0 aliphatic rings. The maximum atomic E-state index is 12.6. The first-order chi connectivity index (χ1) is 12.6. The number of aromatic amines is 1. The molecule has 3 aromatic rings. The molecular weight excluding hydrogens is 352 g/mol. The first-order valence-corrected chi connectivity index (χ1v) is 8.26. The summed E-state index contributed by atoms with van der Waals surface area (Å²) in [7, 11) is 0. The average Bonchev–Trinajstić information content (AvgIpc) is 2.63. The van der Waals surface area contributed by atoms with Crippen molar-refractivity contribution < 1.29 is 4.74 Å². The molecule has 0 saturated carbocycles. The van der Waals surface area contributed by atoms with Crippen LogP contribution < -0.4 is 15.5 Å². The van der Waals surface area contributed by atoms with E-state index in [-0.39, 0.29) is 17.9 Å². The molecule has 1 aromatic carbocycles. The summed E-state index contributed by atoms with van der Waals surface area (Å²) in [6, 6.07) is 10.8. The van der Waals surface area contributed by atoms with Crippen LogP contribution >= 0.6 is 11.6 Å². The van der Waals surface area contributed by atoms with Crippen molar-refractivity contribution in [1.29, 1.82) is 0 Å². The summed E-state index contributed by atoms with van der Waals surface area (Å²) in [5.41, 5.74) is 2.54. The zero-order valence-electron chi connectivity index (χ0n) is 14.1. The number of hydrogen-bond donors (Lipinski definition) is 2. The second-order valence-corrected chi connectivity index (χ2v) is 6.01. The highest BCUT2D eigenvalue weighted by atomic mass is 35.5. The molecule has 2 heterocycles. The van der Waals surface area contributed by atoms with E-state index in [0.29, 0.717) is 16.4 Å². The Labute approximate surface area is 155 Å². The monoisotopic (exact) mass is 368 g/mol. The second kappa shape index (κ2) is 7.84. The van der Waals surface area contributed by atoms with Crippen LogP contribution in [0.15, 0.2) is 54.0 Å². The highest BCUT2D eigenvalue weighted by Crippen LogP contribution is 2.20. The lowest BCUT2D eigenvalue weighted by Gasteiger charge is -2.11. The van der Waals surface area contributed by atoms with E-state index >= 15 is 0 Å². The van der Waals surface area contributed by atoms with Crippen molar-refractivity contribution in [2.75, 3.05) is 5.32 Å². The number of hydrogen-bond acceptors (Lipinski definition) is 5. The summed E-state index contributed by atoms with van der Waals surface area (Å²) in [5.74, 6) is 0.412. The molecule has 2 aromatic heterocycles. The molecule has 0 amide bonds. The zero-order chi connectivity index (χ0) is 18.5. The minimum atomic E-state index is -0.346. The topological polar surface area (TPSA) is 79.9 Å². The Balaban J connectivity index is 1.81. The molecule has 3 rings (SSSR count). The second-order valence-electron chi connectivity index (χ2n) is 5.58. The summed E-state index contributed by atoms with van der Waals surface area (Å²) < 4.78 is 5.57. The van der Waals surface area contributed by atoms with Crippen LogP contribution in [0.2, 0.25) is 5.02 Å². The van der Waals surface area contributed by atoms with Crippen molar-refractivity contribution >= 4 is 29.2 Å². The predicted octanol–water partition coefficient (Wildman–Crippen LogP) is 4.09. The highest BCUT2D eigenvalue weighted by molar-refractivity contribution is 6.30. The Bertz CT molecular complexity index is 984. The van der Waals surface area contributed by atoms with Crippen molar-refractivity contribution in [3.8, 4) is 5.88 Å². The van der Waals surface area contributed by atoms with Crippen molar-refractivity contribution in [2.24, 2.45) is 0 Å². The fourth-order valence-electron chi connectivity index (χ4n) is 2.36. The van der Waals surface area contributed by atoms with Crippen LogP contribution in [0.4, 0.5) is 11.5 Å². The average molecular weight is 369 g/mol. The van der Waals surface area contributed by atoms with Gasteiger partial charge >= 0.3 is 0 Å². The van der Waals surface area contributed by atoms with E-state index in [1.54, 1.807) is 30.5 Å². The van der Waals surface area contributed by atoms with Gasteiger partial charge in [0.15, 0.2) is 0 Å². The fraction of sp³-hybridized carbons (Fsp3) is 0.105. The van der Waals surface area contributed by atoms with Gasteiger partial charge in [-0.15, -0.1) is 5.10 Å². The molecular formula is C19H17ClN4O2. The normalized spacial score (nSPS) is 10.4. The highest BCUT2D eigenvalue weighted by Gasteiger charge is 2.12. The molecule has 0 atom stereocenters. The van der Waals surface area contributed by atoms with Gasteiger partial charge in [0, 0.05) is 22.6 Å². The van der Waals surface area contributed by atoms with Crippen LogP contribution in [-0.4, -0.2) is 15.2 Å². The number of anilines is 2. The lowest BCUT2D eigenvalue weighted by Crippen LogP contribution is -2.16. The smallest absolute Gasteiger partial charge is 0.280 e. The summed E-state index contributed by atoms with van der Waals surface area (Å²) in [6.45, 7) is 5.82. The summed E-state index contributed by atoms with van der Waals surface area (Å²) in [6.07, 6.45) is 3.15. The Morgan fingerprint density at radius 1 is 1.31 bits per heavy atom. The molecule has 0 radical (unpaired) electrons. The van der Waals surface area contributed by atoms with E-state index in [2.05, 4.69) is 27.1 Å². The zero-order valence-corrected chi connectivity index (χ0v) is 14.9. The van der Waals surface area contributed by atoms with Crippen molar-refractivity contribution in [3.05, 3.63) is 81.2 Å². The number of benzene rings is 1. The molecule has 26 heavy (non-hydrogen) atoms. The van der Waals surface area contributed by atoms with Crippen LogP contribution in [0.3, 0.4) is 0 Å². The van der Waals surface area contributed by atoms with E-state index in [9.17, 15) is 4.79 Å². The Morgan fingerprint density at radius 3 is 2.77 bits per heavy atom. The molecule has 0 aliphatic carbocycles. The SMILES string of the molecule is C=Cc1c(Nc2ccc(Cl)cc2)[nH]nc(OCc2ccnc(C)c2)c1=O. The van der Waals surface area contributed by atoms with E-state index in [4.69, 9.17) is 16.3 Å². The molecule has 0 fully saturated rings. The predicted molar refractivity (Wildman–Crippen MR) is 103 cm³/mol. The van der Waals surface area contributed by atoms with Gasteiger partial charge in [0.1, 0.15) is 12.4 Å². The number of nitrogens with zero attached hydrogens (tertiary/aromatic N) is 2. The molecule has 0 bridgehead atoms. The molecule has 0 spiro atoms. The molecule has 7 heteroatoms. The van der Waals surface area contributed by atoms with Gasteiger partial charge in [-0.2, -0.15) is 0 Å².